The molecule has 348 valence electrons. The van der Waals surface area contributed by atoms with Gasteiger partial charge in [-0.25, -0.2) is 0 Å². The predicted molar refractivity (Wildman–Crippen MR) is 230 cm³/mol. The van der Waals surface area contributed by atoms with Crippen molar-refractivity contribution in [2.24, 2.45) is 57.7 Å². The molecule has 6 unspecified atom stereocenters. The Kier molecular flexibility index (Phi) is 38.1. The SMILES string of the molecule is CC(C)C(N)C(=O)O.CC(C)CC(N)C(=O)O.NC(=O)CCC(N)C(=O)O.NC(Cc1ccccc1)C(=O)O.NC(Cc1ccccc1)C(=O)O.NCCCCC(N)C(=O)O. The average Bonchev–Trinajstić information content (AvgIpc) is 3.18. The lowest BCUT2D eigenvalue weighted by molar-refractivity contribution is -0.140. The summed E-state index contributed by atoms with van der Waals surface area (Å²) < 4.78 is 0. The third kappa shape index (κ3) is 41.0. The van der Waals surface area contributed by atoms with E-state index in [1.54, 1.807) is 13.8 Å². The van der Waals surface area contributed by atoms with Gasteiger partial charge in [0.1, 0.15) is 36.3 Å². The first-order valence-electron chi connectivity index (χ1n) is 19.2. The van der Waals surface area contributed by atoms with Gasteiger partial charge in [-0.2, -0.15) is 0 Å². The van der Waals surface area contributed by atoms with Crippen LogP contribution in [0.4, 0.5) is 0 Å². The second-order valence-corrected chi connectivity index (χ2v) is 14.1. The molecule has 1 amide bonds. The van der Waals surface area contributed by atoms with Gasteiger partial charge < -0.3 is 76.5 Å². The molecule has 61 heavy (non-hydrogen) atoms. The minimum atomic E-state index is -1.11. The van der Waals surface area contributed by atoms with Crippen LogP contribution in [0.3, 0.4) is 0 Å². The maximum Gasteiger partial charge on any atom is 0.320 e. The van der Waals surface area contributed by atoms with Crippen LogP contribution in [-0.4, -0.2) is 115 Å². The lowest BCUT2D eigenvalue weighted by atomic mass is 10.1. The van der Waals surface area contributed by atoms with E-state index in [1.165, 1.54) is 0 Å². The zero-order chi connectivity index (χ0) is 48.2. The van der Waals surface area contributed by atoms with E-state index in [1.807, 2.05) is 74.5 Å². The molecule has 0 bridgehead atoms. The second-order valence-electron chi connectivity index (χ2n) is 14.1. The Balaban J connectivity index is -0.000000322. The molecule has 0 aliphatic rings. The number of amides is 1. The van der Waals surface area contributed by atoms with E-state index >= 15 is 0 Å². The lowest BCUT2D eigenvalue weighted by Gasteiger charge is -2.07. The summed E-state index contributed by atoms with van der Waals surface area (Å²) in [6, 6.07) is 14.0. The van der Waals surface area contributed by atoms with Crippen molar-refractivity contribution in [3.05, 3.63) is 71.8 Å². The zero-order valence-electron chi connectivity index (χ0n) is 35.4. The number of carboxylic acid groups (broad SMARTS) is 6. The summed E-state index contributed by atoms with van der Waals surface area (Å²) in [6.45, 7) is 8.05. The first-order valence-corrected chi connectivity index (χ1v) is 19.2. The summed E-state index contributed by atoms with van der Waals surface area (Å²) in [6.07, 6.45) is 3.61. The normalized spacial score (nSPS) is 12.9. The van der Waals surface area contributed by atoms with E-state index in [9.17, 15) is 33.6 Å². The number of rotatable bonds is 20. The van der Waals surface area contributed by atoms with Crippen LogP contribution in [-0.2, 0) is 46.4 Å². The number of carbonyl (C=O) groups is 7. The fraction of sp³-hybridized carbons (Fsp3) is 0.525. The number of benzene rings is 2. The van der Waals surface area contributed by atoms with Gasteiger partial charge in [0.25, 0.3) is 0 Å². The largest absolute Gasteiger partial charge is 0.480 e. The third-order valence-electron chi connectivity index (χ3n) is 7.58. The Labute approximate surface area is 356 Å². The van der Waals surface area contributed by atoms with Crippen molar-refractivity contribution >= 4 is 41.7 Å². The maximum atomic E-state index is 10.4. The highest BCUT2D eigenvalue weighted by molar-refractivity contribution is 5.77. The molecule has 2 aromatic rings. The zero-order valence-corrected chi connectivity index (χ0v) is 35.4. The fourth-order valence-electron chi connectivity index (χ4n) is 3.86. The molecule has 0 radical (unpaired) electrons. The van der Waals surface area contributed by atoms with Crippen LogP contribution >= 0.6 is 0 Å². The van der Waals surface area contributed by atoms with Crippen molar-refractivity contribution in [1.82, 2.24) is 0 Å². The molecule has 22 N–H and O–H groups in total. The molecule has 0 spiro atoms. The molecule has 0 fully saturated rings. The third-order valence-corrected chi connectivity index (χ3v) is 7.58. The van der Waals surface area contributed by atoms with Crippen molar-refractivity contribution < 1.29 is 64.2 Å². The van der Waals surface area contributed by atoms with Crippen LogP contribution < -0.4 is 45.9 Å². The molecule has 0 heterocycles. The summed E-state index contributed by atoms with van der Waals surface area (Å²) in [4.78, 5) is 71.2. The number of nitrogens with two attached hydrogens (primary N) is 8. The number of unbranched alkanes of at least 4 members (excludes halogenated alkanes) is 1. The highest BCUT2D eigenvalue weighted by Gasteiger charge is 2.15. The number of carboxylic acids is 6. The van der Waals surface area contributed by atoms with Crippen LogP contribution in [0.5, 0.6) is 0 Å². The van der Waals surface area contributed by atoms with Crippen molar-refractivity contribution in [3.63, 3.8) is 0 Å². The van der Waals surface area contributed by atoms with Gasteiger partial charge in [0.2, 0.25) is 5.91 Å². The van der Waals surface area contributed by atoms with E-state index in [0.29, 0.717) is 38.1 Å². The van der Waals surface area contributed by atoms with Crippen molar-refractivity contribution in [2.45, 2.75) is 115 Å². The summed E-state index contributed by atoms with van der Waals surface area (Å²) in [5.74, 6) is -5.96. The minimum Gasteiger partial charge on any atom is -0.480 e. The minimum absolute atomic E-state index is 0.0208. The number of hydrogen-bond acceptors (Lipinski definition) is 14. The molecule has 0 aromatic heterocycles. The Morgan fingerprint density at radius 1 is 0.492 bits per heavy atom. The van der Waals surface area contributed by atoms with Crippen LogP contribution in [0.1, 0.15) is 77.3 Å². The van der Waals surface area contributed by atoms with Crippen molar-refractivity contribution in [1.29, 1.82) is 0 Å². The van der Waals surface area contributed by atoms with Gasteiger partial charge in [0.15, 0.2) is 0 Å². The van der Waals surface area contributed by atoms with Gasteiger partial charge in [-0.1, -0.05) is 94.8 Å². The lowest BCUT2D eigenvalue weighted by Crippen LogP contribution is -2.34. The topological polar surface area (TPSA) is 449 Å². The quantitative estimate of drug-likeness (QED) is 0.0777. The van der Waals surface area contributed by atoms with Crippen molar-refractivity contribution in [3.8, 4) is 0 Å². The van der Waals surface area contributed by atoms with Crippen LogP contribution in [0, 0.1) is 11.8 Å². The van der Waals surface area contributed by atoms with Crippen LogP contribution in [0.2, 0.25) is 0 Å². The van der Waals surface area contributed by atoms with E-state index in [4.69, 9.17) is 76.5 Å². The first-order chi connectivity index (χ1) is 28.2. The van der Waals surface area contributed by atoms with Crippen LogP contribution in [0.15, 0.2) is 60.7 Å². The highest BCUT2D eigenvalue weighted by Crippen LogP contribution is 2.03. The smallest absolute Gasteiger partial charge is 0.320 e. The van der Waals surface area contributed by atoms with Gasteiger partial charge in [-0.3, -0.25) is 33.6 Å². The Bertz CT molecular complexity index is 1460. The van der Waals surface area contributed by atoms with Gasteiger partial charge in [-0.05, 0) is 68.0 Å². The molecule has 0 aliphatic heterocycles. The molecule has 21 nitrogen and oxygen atoms in total. The number of hydrogen-bond donors (Lipinski definition) is 14. The number of carbonyl (C=O) groups excluding carboxylic acids is 1. The second kappa shape index (κ2) is 37.4. The molecule has 21 heteroatoms. The number of aliphatic carboxylic acids is 6. The number of primary amides is 1. The highest BCUT2D eigenvalue weighted by atomic mass is 16.4. The van der Waals surface area contributed by atoms with Gasteiger partial charge in [0, 0.05) is 6.42 Å². The Morgan fingerprint density at radius 2 is 0.836 bits per heavy atom. The Morgan fingerprint density at radius 3 is 1.07 bits per heavy atom. The predicted octanol–water partition coefficient (Wildman–Crippen LogP) is -0.0282. The summed E-state index contributed by atoms with van der Waals surface area (Å²) in [7, 11) is 0. The molecule has 0 aliphatic carbocycles. The Hall–Kier alpha value is -5.55. The first kappa shape index (κ1) is 62.1. The molecular weight excluding hydrogens is 800 g/mol. The van der Waals surface area contributed by atoms with Crippen molar-refractivity contribution in [2.75, 3.05) is 6.54 Å². The van der Waals surface area contributed by atoms with Crippen LogP contribution in [0.25, 0.3) is 0 Å². The molecule has 2 aromatic carbocycles. The fourth-order valence-corrected chi connectivity index (χ4v) is 3.86. The maximum absolute atomic E-state index is 10.4. The molecule has 0 saturated carbocycles. The average molecular weight is 871 g/mol. The molecule has 6 atom stereocenters. The molecule has 0 saturated heterocycles. The van der Waals surface area contributed by atoms with E-state index in [0.717, 1.165) is 24.0 Å². The summed E-state index contributed by atoms with van der Waals surface area (Å²) in [5, 5.41) is 50.1. The molecule has 2 rings (SSSR count). The summed E-state index contributed by atoms with van der Waals surface area (Å²) in [5.41, 5.74) is 43.2. The molecular formula is C40H70N8O13. The van der Waals surface area contributed by atoms with E-state index in [-0.39, 0.29) is 18.8 Å². The van der Waals surface area contributed by atoms with Gasteiger partial charge in [-0.15, -0.1) is 0 Å². The van der Waals surface area contributed by atoms with Gasteiger partial charge in [0.05, 0.1) is 0 Å². The van der Waals surface area contributed by atoms with E-state index in [2.05, 4.69) is 0 Å². The standard InChI is InChI=1S/2C9H11NO2.C6H14N2O2.C6H13NO2.C5H10N2O3.C5H11NO2/c2*10-8(9(11)12)6-7-4-2-1-3-5-7;7-4-2-1-3-5(8)6(9)10;1-4(2)3-5(7)6(8)9;6-3(5(9)10)1-2-4(7)8;1-3(2)4(6)5(7)8/h2*1-5,8H,6,10H2,(H,11,12);5H,1-4,7-8H2,(H,9,10);4-5H,3,7H2,1-2H3,(H,8,9);3H,1-2,6H2,(H2,7,8)(H,9,10);3-4H,6H2,1-2H3,(H,7,8). The monoisotopic (exact) mass is 871 g/mol. The summed E-state index contributed by atoms with van der Waals surface area (Å²) >= 11 is 0. The van der Waals surface area contributed by atoms with Gasteiger partial charge >= 0.3 is 35.8 Å². The van der Waals surface area contributed by atoms with E-state index < -0.39 is 78.0 Å².